The van der Waals surface area contributed by atoms with Crippen LogP contribution >= 0.6 is 0 Å². The Kier molecular flexibility index (Phi) is 5.90. The summed E-state index contributed by atoms with van der Waals surface area (Å²) in [5.41, 5.74) is 5.67. The number of aromatic nitrogens is 2. The Morgan fingerprint density at radius 2 is 1.79 bits per heavy atom. The van der Waals surface area contributed by atoms with Crippen molar-refractivity contribution in [1.82, 2.24) is 20.2 Å². The highest BCUT2D eigenvalue weighted by atomic mass is 19.1. The summed E-state index contributed by atoms with van der Waals surface area (Å²) >= 11 is 0. The molecular formula is C26H25FN4O2. The van der Waals surface area contributed by atoms with Crippen LogP contribution in [-0.2, 0) is 11.2 Å². The molecule has 3 N–H and O–H groups in total. The molecule has 0 radical (unpaired) electrons. The van der Waals surface area contributed by atoms with Crippen LogP contribution in [0.15, 0.2) is 67.0 Å². The van der Waals surface area contributed by atoms with E-state index in [0.717, 1.165) is 59.3 Å². The molecule has 1 unspecified atom stereocenters. The topological polar surface area (TPSA) is 81.2 Å². The third-order valence-corrected chi connectivity index (χ3v) is 6.13. The monoisotopic (exact) mass is 444 g/mol. The lowest BCUT2D eigenvalue weighted by atomic mass is 9.95. The lowest BCUT2D eigenvalue weighted by molar-refractivity contribution is -0.136. The third kappa shape index (κ3) is 4.65. The van der Waals surface area contributed by atoms with Crippen LogP contribution in [0.25, 0.3) is 22.0 Å². The minimum Gasteiger partial charge on any atom is -0.481 e. The van der Waals surface area contributed by atoms with Gasteiger partial charge in [0.1, 0.15) is 5.82 Å². The number of carbonyl (C=O) groups is 1. The molecule has 33 heavy (non-hydrogen) atoms. The number of rotatable bonds is 6. The second-order valence-electron chi connectivity index (χ2n) is 8.41. The number of hydrogen-bond acceptors (Lipinski definition) is 4. The number of fused-ring (bicyclic) bond motifs is 1. The Hall–Kier alpha value is -3.55. The van der Waals surface area contributed by atoms with Crippen molar-refractivity contribution in [3.8, 4) is 11.1 Å². The highest BCUT2D eigenvalue weighted by Crippen LogP contribution is 2.32. The van der Waals surface area contributed by atoms with Crippen LogP contribution in [0.1, 0.15) is 22.9 Å². The number of aromatic amines is 1. The lowest BCUT2D eigenvalue weighted by Gasteiger charge is -2.35. The van der Waals surface area contributed by atoms with E-state index >= 15 is 0 Å². The second kappa shape index (κ2) is 9.13. The van der Waals surface area contributed by atoms with Crippen molar-refractivity contribution >= 4 is 16.9 Å². The fourth-order valence-corrected chi connectivity index (χ4v) is 4.60. The molecule has 0 amide bonds. The van der Waals surface area contributed by atoms with Gasteiger partial charge in [-0.25, -0.2) is 4.39 Å². The van der Waals surface area contributed by atoms with E-state index in [-0.39, 0.29) is 18.3 Å². The number of benzene rings is 2. The number of carboxylic acid groups (broad SMARTS) is 1. The molecule has 7 heteroatoms. The quantitative estimate of drug-likeness (QED) is 0.419. The molecule has 1 fully saturated rings. The molecule has 0 bridgehead atoms. The summed E-state index contributed by atoms with van der Waals surface area (Å²) in [6.07, 6.45) is 3.69. The summed E-state index contributed by atoms with van der Waals surface area (Å²) in [4.78, 5) is 21.2. The van der Waals surface area contributed by atoms with Crippen LogP contribution in [0, 0.1) is 5.82 Å². The van der Waals surface area contributed by atoms with Gasteiger partial charge in [0.2, 0.25) is 0 Å². The Bertz CT molecular complexity index is 1280. The first kappa shape index (κ1) is 21.3. The van der Waals surface area contributed by atoms with Crippen LogP contribution in [0.5, 0.6) is 0 Å². The largest absolute Gasteiger partial charge is 0.481 e. The van der Waals surface area contributed by atoms with Gasteiger partial charge < -0.3 is 15.4 Å². The van der Waals surface area contributed by atoms with E-state index in [9.17, 15) is 9.18 Å². The summed E-state index contributed by atoms with van der Waals surface area (Å²) in [5, 5.41) is 13.4. The van der Waals surface area contributed by atoms with E-state index < -0.39 is 5.97 Å². The van der Waals surface area contributed by atoms with Crippen LogP contribution in [0.2, 0.25) is 0 Å². The van der Waals surface area contributed by atoms with Gasteiger partial charge in [0.25, 0.3) is 0 Å². The fraction of sp³-hybridized carbons (Fsp3) is 0.231. The van der Waals surface area contributed by atoms with E-state index in [1.165, 1.54) is 12.1 Å². The van der Waals surface area contributed by atoms with Gasteiger partial charge in [-0.1, -0.05) is 18.2 Å². The normalized spacial score (nSPS) is 15.5. The summed E-state index contributed by atoms with van der Waals surface area (Å²) in [6.45, 7) is 3.61. The predicted octanol–water partition coefficient (Wildman–Crippen LogP) is 3.99. The van der Waals surface area contributed by atoms with Crippen LogP contribution in [0.3, 0.4) is 0 Å². The summed E-state index contributed by atoms with van der Waals surface area (Å²) < 4.78 is 13.6. The maximum atomic E-state index is 13.6. The van der Waals surface area contributed by atoms with Gasteiger partial charge in [0.05, 0.1) is 12.5 Å². The molecular weight excluding hydrogens is 419 g/mol. The lowest BCUT2D eigenvalue weighted by Crippen LogP contribution is -2.45. The molecule has 1 saturated heterocycles. The molecule has 5 rings (SSSR count). The van der Waals surface area contributed by atoms with Crippen molar-refractivity contribution in [2.75, 3.05) is 26.2 Å². The summed E-state index contributed by atoms with van der Waals surface area (Å²) in [7, 11) is 0. The smallest absolute Gasteiger partial charge is 0.309 e. The van der Waals surface area contributed by atoms with Crippen LogP contribution in [0.4, 0.5) is 4.39 Å². The Morgan fingerprint density at radius 3 is 2.55 bits per heavy atom. The number of carboxylic acids is 1. The zero-order chi connectivity index (χ0) is 22.8. The van der Waals surface area contributed by atoms with Gasteiger partial charge in [0.15, 0.2) is 0 Å². The Labute approximate surface area is 191 Å². The first-order chi connectivity index (χ1) is 16.1. The molecule has 1 aliphatic heterocycles. The standard InChI is InChI=1S/C26H25FN4O2/c27-22-4-1-17(2-5-22)26(31-9-7-28-8-10-31)21-12-20(15-29-16-21)18-3-6-24-19(11-18)13-23(30-24)14-25(32)33/h1-6,11-13,15-16,26,28,30H,7-10,14H2,(H,32,33). The van der Waals surface area contributed by atoms with Gasteiger partial charge >= 0.3 is 5.97 Å². The van der Waals surface area contributed by atoms with E-state index in [0.29, 0.717) is 5.69 Å². The number of piperazine rings is 1. The average molecular weight is 445 g/mol. The summed E-state index contributed by atoms with van der Waals surface area (Å²) in [6, 6.07) is 16.8. The first-order valence-corrected chi connectivity index (χ1v) is 11.1. The number of nitrogens with zero attached hydrogens (tertiary/aromatic N) is 2. The maximum absolute atomic E-state index is 13.6. The van der Waals surface area contributed by atoms with Gasteiger partial charge in [-0.2, -0.15) is 0 Å². The van der Waals surface area contributed by atoms with Crippen molar-refractivity contribution in [3.63, 3.8) is 0 Å². The second-order valence-corrected chi connectivity index (χ2v) is 8.41. The van der Waals surface area contributed by atoms with Crippen molar-refractivity contribution in [3.05, 3.63) is 89.6 Å². The third-order valence-electron chi connectivity index (χ3n) is 6.13. The number of hydrogen-bond donors (Lipinski definition) is 3. The molecule has 3 heterocycles. The molecule has 0 aliphatic carbocycles. The number of nitrogens with one attached hydrogen (secondary N) is 2. The highest BCUT2D eigenvalue weighted by Gasteiger charge is 2.24. The number of H-pyrrole nitrogens is 1. The molecule has 0 saturated carbocycles. The molecule has 0 spiro atoms. The van der Waals surface area contributed by atoms with Gasteiger partial charge in [-0.05, 0) is 53.1 Å². The molecule has 4 aromatic rings. The van der Waals surface area contributed by atoms with E-state index in [4.69, 9.17) is 5.11 Å². The molecule has 1 atom stereocenters. The Morgan fingerprint density at radius 1 is 1.00 bits per heavy atom. The van der Waals surface area contributed by atoms with Gasteiger partial charge in [-0.15, -0.1) is 0 Å². The van der Waals surface area contributed by atoms with Gasteiger partial charge in [-0.3, -0.25) is 14.7 Å². The number of pyridine rings is 1. The number of aliphatic carboxylic acids is 1. The average Bonchev–Trinajstić information content (AvgIpc) is 3.22. The minimum absolute atomic E-state index is 0.0155. The molecule has 2 aromatic heterocycles. The minimum atomic E-state index is -0.863. The molecule has 1 aliphatic rings. The van der Waals surface area contributed by atoms with Gasteiger partial charge in [0, 0.05) is 60.7 Å². The highest BCUT2D eigenvalue weighted by molar-refractivity contribution is 5.86. The van der Waals surface area contributed by atoms with Crippen LogP contribution in [-0.4, -0.2) is 52.1 Å². The van der Waals surface area contributed by atoms with E-state index in [2.05, 4.69) is 32.3 Å². The molecule has 6 nitrogen and oxygen atoms in total. The Balaban J connectivity index is 1.52. The van der Waals surface area contributed by atoms with E-state index in [1.54, 1.807) is 0 Å². The number of halogens is 1. The van der Waals surface area contributed by atoms with Crippen LogP contribution < -0.4 is 5.32 Å². The zero-order valence-corrected chi connectivity index (χ0v) is 18.1. The summed E-state index contributed by atoms with van der Waals surface area (Å²) in [5.74, 6) is -1.11. The molecule has 2 aromatic carbocycles. The predicted molar refractivity (Wildman–Crippen MR) is 126 cm³/mol. The van der Waals surface area contributed by atoms with Crippen molar-refractivity contribution in [2.45, 2.75) is 12.5 Å². The molecule has 168 valence electrons. The fourth-order valence-electron chi connectivity index (χ4n) is 4.60. The SMILES string of the molecule is O=C(O)Cc1cc2cc(-c3cncc(C(c4ccc(F)cc4)N4CCNCC4)c3)ccc2[nH]1. The van der Waals surface area contributed by atoms with Crippen molar-refractivity contribution in [2.24, 2.45) is 0 Å². The van der Waals surface area contributed by atoms with E-state index in [1.807, 2.05) is 42.7 Å². The first-order valence-electron chi connectivity index (χ1n) is 11.1. The van der Waals surface area contributed by atoms with Crippen molar-refractivity contribution in [1.29, 1.82) is 0 Å². The van der Waals surface area contributed by atoms with Crippen molar-refractivity contribution < 1.29 is 14.3 Å². The maximum Gasteiger partial charge on any atom is 0.309 e. The zero-order valence-electron chi connectivity index (χ0n) is 18.1.